The van der Waals surface area contributed by atoms with E-state index in [1.165, 1.54) is 6.42 Å². The molecule has 0 amide bonds. The molecule has 20 heavy (non-hydrogen) atoms. The Balaban J connectivity index is 1.92. The molecule has 1 aliphatic rings. The molecule has 1 aliphatic carbocycles. The minimum atomic E-state index is -0.472. The van der Waals surface area contributed by atoms with Crippen LogP contribution in [0.1, 0.15) is 38.4 Å². The van der Waals surface area contributed by atoms with Crippen molar-refractivity contribution in [1.82, 2.24) is 10.1 Å². The molecule has 0 aliphatic heterocycles. The molecule has 5 heteroatoms. The van der Waals surface area contributed by atoms with Gasteiger partial charge in [0.1, 0.15) is 0 Å². The summed E-state index contributed by atoms with van der Waals surface area (Å²) in [5.41, 5.74) is 6.76. The lowest BCUT2D eigenvalue weighted by Crippen LogP contribution is -2.42. The van der Waals surface area contributed by atoms with Gasteiger partial charge in [0.2, 0.25) is 0 Å². The topological polar surface area (TPSA) is 64.9 Å². The Morgan fingerprint density at radius 3 is 2.95 bits per heavy atom. The predicted octanol–water partition coefficient (Wildman–Crippen LogP) is 3.75. The summed E-state index contributed by atoms with van der Waals surface area (Å²) in [6, 6.07) is 7.44. The van der Waals surface area contributed by atoms with Crippen LogP contribution in [0.3, 0.4) is 0 Å². The quantitative estimate of drug-likeness (QED) is 0.915. The van der Waals surface area contributed by atoms with Crippen molar-refractivity contribution in [3.8, 4) is 11.5 Å². The Morgan fingerprint density at radius 2 is 2.20 bits per heavy atom. The van der Waals surface area contributed by atoms with Crippen LogP contribution in [-0.4, -0.2) is 10.1 Å². The highest BCUT2D eigenvalue weighted by molar-refractivity contribution is 6.33. The fourth-order valence-corrected chi connectivity index (χ4v) is 3.18. The van der Waals surface area contributed by atoms with Gasteiger partial charge in [-0.15, -0.1) is 0 Å². The second-order valence-corrected chi connectivity index (χ2v) is 6.17. The van der Waals surface area contributed by atoms with E-state index >= 15 is 0 Å². The summed E-state index contributed by atoms with van der Waals surface area (Å²) in [5.74, 6) is 1.63. The van der Waals surface area contributed by atoms with E-state index in [2.05, 4.69) is 17.1 Å². The highest BCUT2D eigenvalue weighted by Crippen LogP contribution is 2.37. The molecule has 0 bridgehead atoms. The van der Waals surface area contributed by atoms with Crippen molar-refractivity contribution in [3.63, 3.8) is 0 Å². The van der Waals surface area contributed by atoms with E-state index in [0.29, 0.717) is 22.7 Å². The second-order valence-electron chi connectivity index (χ2n) is 5.76. The summed E-state index contributed by atoms with van der Waals surface area (Å²) in [6.45, 7) is 2.22. The molecule has 106 valence electrons. The Labute approximate surface area is 123 Å². The van der Waals surface area contributed by atoms with Crippen LogP contribution in [0, 0.1) is 5.92 Å². The molecule has 0 radical (unpaired) electrons. The molecular formula is C15H18ClN3O. The summed E-state index contributed by atoms with van der Waals surface area (Å²) in [5, 5.41) is 4.70. The third-order valence-corrected chi connectivity index (χ3v) is 4.34. The lowest BCUT2D eigenvalue weighted by molar-refractivity contribution is 0.222. The van der Waals surface area contributed by atoms with E-state index in [1.807, 2.05) is 24.3 Å². The van der Waals surface area contributed by atoms with Crippen LogP contribution in [-0.2, 0) is 5.54 Å². The molecular weight excluding hydrogens is 274 g/mol. The minimum Gasteiger partial charge on any atom is -0.334 e. The first-order chi connectivity index (χ1) is 9.58. The van der Waals surface area contributed by atoms with Gasteiger partial charge in [-0.2, -0.15) is 4.98 Å². The van der Waals surface area contributed by atoms with Crippen molar-refractivity contribution >= 4 is 11.6 Å². The molecule has 1 heterocycles. The average Bonchev–Trinajstić information content (AvgIpc) is 2.89. The Morgan fingerprint density at radius 1 is 1.40 bits per heavy atom. The Kier molecular flexibility index (Phi) is 3.52. The maximum absolute atomic E-state index is 6.48. The van der Waals surface area contributed by atoms with Crippen molar-refractivity contribution in [2.45, 2.75) is 38.1 Å². The average molecular weight is 292 g/mol. The molecule has 0 spiro atoms. The number of rotatable bonds is 2. The molecule has 4 nitrogen and oxygen atoms in total. The van der Waals surface area contributed by atoms with E-state index < -0.39 is 5.54 Å². The maximum atomic E-state index is 6.48. The number of aromatic nitrogens is 2. The maximum Gasteiger partial charge on any atom is 0.259 e. The van der Waals surface area contributed by atoms with Gasteiger partial charge >= 0.3 is 0 Å². The van der Waals surface area contributed by atoms with Crippen molar-refractivity contribution < 1.29 is 4.52 Å². The summed E-state index contributed by atoms with van der Waals surface area (Å²) in [6.07, 6.45) is 4.12. The molecule has 1 saturated carbocycles. The van der Waals surface area contributed by atoms with Crippen LogP contribution < -0.4 is 5.73 Å². The summed E-state index contributed by atoms with van der Waals surface area (Å²) < 4.78 is 5.36. The zero-order chi connectivity index (χ0) is 14.2. The smallest absolute Gasteiger partial charge is 0.259 e. The lowest BCUT2D eigenvalue weighted by atomic mass is 9.76. The number of hydrogen-bond donors (Lipinski definition) is 1. The molecule has 1 fully saturated rings. The van der Waals surface area contributed by atoms with E-state index in [9.17, 15) is 0 Å². The Hall–Kier alpha value is -1.39. The third kappa shape index (κ3) is 2.45. The van der Waals surface area contributed by atoms with E-state index in [4.69, 9.17) is 21.9 Å². The first-order valence-corrected chi connectivity index (χ1v) is 7.34. The summed E-state index contributed by atoms with van der Waals surface area (Å²) in [4.78, 5) is 4.48. The van der Waals surface area contributed by atoms with Crippen molar-refractivity contribution in [2.75, 3.05) is 0 Å². The number of halogens is 1. The number of nitrogens with two attached hydrogens (primary N) is 1. The molecule has 2 aromatic rings. The summed E-state index contributed by atoms with van der Waals surface area (Å²) >= 11 is 6.15. The second kappa shape index (κ2) is 5.19. The van der Waals surface area contributed by atoms with Gasteiger partial charge in [0.25, 0.3) is 5.89 Å². The molecule has 3 rings (SSSR count). The van der Waals surface area contributed by atoms with Crippen LogP contribution in [0.5, 0.6) is 0 Å². The van der Waals surface area contributed by atoms with E-state index in [-0.39, 0.29) is 0 Å². The minimum absolute atomic E-state index is 0.439. The lowest BCUT2D eigenvalue weighted by Gasteiger charge is -2.33. The molecule has 2 unspecified atom stereocenters. The number of nitrogens with zero attached hydrogens (tertiary/aromatic N) is 2. The number of hydrogen-bond acceptors (Lipinski definition) is 4. The first kappa shape index (κ1) is 13.6. The van der Waals surface area contributed by atoms with Crippen LogP contribution in [0.2, 0.25) is 5.02 Å². The van der Waals surface area contributed by atoms with Gasteiger partial charge in [0.15, 0.2) is 5.82 Å². The molecule has 0 saturated heterocycles. The molecule has 1 aromatic carbocycles. The van der Waals surface area contributed by atoms with Gasteiger partial charge in [-0.05, 0) is 30.9 Å². The fraction of sp³-hybridized carbons (Fsp3) is 0.467. The zero-order valence-corrected chi connectivity index (χ0v) is 12.2. The van der Waals surface area contributed by atoms with Crippen LogP contribution in [0.4, 0.5) is 0 Å². The van der Waals surface area contributed by atoms with Gasteiger partial charge in [0.05, 0.1) is 16.1 Å². The highest BCUT2D eigenvalue weighted by Gasteiger charge is 2.37. The molecule has 1 aromatic heterocycles. The van der Waals surface area contributed by atoms with Crippen LogP contribution in [0.15, 0.2) is 28.8 Å². The van der Waals surface area contributed by atoms with Gasteiger partial charge in [-0.25, -0.2) is 0 Å². The van der Waals surface area contributed by atoms with Gasteiger partial charge < -0.3 is 10.3 Å². The van der Waals surface area contributed by atoms with Crippen molar-refractivity contribution in [2.24, 2.45) is 11.7 Å². The van der Waals surface area contributed by atoms with Crippen molar-refractivity contribution in [3.05, 3.63) is 35.1 Å². The first-order valence-electron chi connectivity index (χ1n) is 6.96. The highest BCUT2D eigenvalue weighted by atomic mass is 35.5. The Bertz CT molecular complexity index is 613. The van der Waals surface area contributed by atoms with Crippen LogP contribution in [0.25, 0.3) is 11.5 Å². The summed E-state index contributed by atoms with van der Waals surface area (Å²) in [7, 11) is 0. The number of benzene rings is 1. The van der Waals surface area contributed by atoms with Gasteiger partial charge in [-0.1, -0.05) is 48.7 Å². The van der Waals surface area contributed by atoms with Gasteiger partial charge in [-0.3, -0.25) is 0 Å². The fourth-order valence-electron chi connectivity index (χ4n) is 2.96. The molecule has 2 N–H and O–H groups in total. The van der Waals surface area contributed by atoms with Crippen LogP contribution >= 0.6 is 11.6 Å². The monoisotopic (exact) mass is 291 g/mol. The molecule has 2 atom stereocenters. The predicted molar refractivity (Wildman–Crippen MR) is 78.2 cm³/mol. The normalized spacial score (nSPS) is 26.6. The van der Waals surface area contributed by atoms with E-state index in [1.54, 1.807) is 0 Å². The van der Waals surface area contributed by atoms with E-state index in [0.717, 1.165) is 24.8 Å². The standard InChI is InChI=1S/C15H18ClN3O/c1-10-5-4-8-15(17,9-10)14-18-13(20-19-14)11-6-2-3-7-12(11)16/h2-3,6-7,10H,4-5,8-9,17H2,1H3. The SMILES string of the molecule is CC1CCCC(N)(c2noc(-c3ccccc3Cl)n2)C1. The van der Waals surface area contributed by atoms with Gasteiger partial charge in [0, 0.05) is 0 Å². The van der Waals surface area contributed by atoms with Crippen molar-refractivity contribution in [1.29, 1.82) is 0 Å². The largest absolute Gasteiger partial charge is 0.334 e. The third-order valence-electron chi connectivity index (χ3n) is 4.01. The zero-order valence-electron chi connectivity index (χ0n) is 11.5.